The van der Waals surface area contributed by atoms with Gasteiger partial charge in [0.05, 0.1) is 0 Å². The number of aryl methyl sites for hydroxylation is 3. The molecule has 0 radical (unpaired) electrons. The van der Waals surface area contributed by atoms with Gasteiger partial charge in [-0.2, -0.15) is 0 Å². The molecule has 3 atom stereocenters. The quantitative estimate of drug-likeness (QED) is 0.304. The summed E-state index contributed by atoms with van der Waals surface area (Å²) in [6.45, 7) is 21.6. The van der Waals surface area contributed by atoms with Crippen LogP contribution in [0.1, 0.15) is 37.5 Å². The standard InChI is InChI=1S/2C10H15ClN4.C5H4Cl2N2.C5H12N2/c1-7-5-9(13-14-10(7)11)15-4-3-12-8(2)6-15;1-7-5-9(11)13-14-10(7)15-4-3-12-8(2)6-15;1-3-2-4(6)8-9-5(3)7;1-5-4-6-2-3-7-5/h2*5,8,12H,3-4,6H2,1-2H3;2H,1H3;5-7H,2-4H2,1H3/t2*8-;;5-/m11.1/s1. The summed E-state index contributed by atoms with van der Waals surface area (Å²) in [5, 5.41) is 38.3. The molecule has 6 heterocycles. The molecular formula is C30H46Cl4N12. The van der Waals surface area contributed by atoms with Crippen molar-refractivity contribution in [1.82, 2.24) is 51.9 Å². The van der Waals surface area contributed by atoms with Gasteiger partial charge in [-0.15, -0.1) is 30.6 Å². The molecule has 0 amide bonds. The first kappa shape index (κ1) is 38.3. The van der Waals surface area contributed by atoms with Crippen LogP contribution in [0.5, 0.6) is 0 Å². The number of halogens is 4. The second-order valence-corrected chi connectivity index (χ2v) is 13.1. The van der Waals surface area contributed by atoms with Crippen LogP contribution in [0.4, 0.5) is 11.6 Å². The van der Waals surface area contributed by atoms with E-state index in [2.05, 4.69) is 82.4 Å². The lowest BCUT2D eigenvalue weighted by molar-refractivity contribution is 0.442. The molecule has 4 N–H and O–H groups in total. The number of anilines is 2. The summed E-state index contributed by atoms with van der Waals surface area (Å²) in [6, 6.07) is 7.18. The number of rotatable bonds is 2. The molecule has 3 aliphatic heterocycles. The molecule has 0 aliphatic carbocycles. The summed E-state index contributed by atoms with van der Waals surface area (Å²) in [6.07, 6.45) is 0. The van der Waals surface area contributed by atoms with Crippen molar-refractivity contribution in [2.24, 2.45) is 0 Å². The molecular weight excluding hydrogens is 670 g/mol. The van der Waals surface area contributed by atoms with Crippen LogP contribution >= 0.6 is 46.4 Å². The van der Waals surface area contributed by atoms with Gasteiger partial charge in [-0.25, -0.2) is 0 Å². The molecule has 6 rings (SSSR count). The number of hydrogen-bond acceptors (Lipinski definition) is 12. The van der Waals surface area contributed by atoms with Crippen LogP contribution in [0.3, 0.4) is 0 Å². The molecule has 16 heteroatoms. The van der Waals surface area contributed by atoms with Gasteiger partial charge in [0.15, 0.2) is 32.2 Å². The maximum absolute atomic E-state index is 5.84. The van der Waals surface area contributed by atoms with E-state index in [0.29, 0.717) is 38.7 Å². The highest BCUT2D eigenvalue weighted by Gasteiger charge is 2.19. The molecule has 0 spiro atoms. The van der Waals surface area contributed by atoms with Gasteiger partial charge in [0.1, 0.15) is 0 Å². The molecule has 12 nitrogen and oxygen atoms in total. The first-order valence-corrected chi connectivity index (χ1v) is 17.0. The maximum atomic E-state index is 5.84. The Labute approximate surface area is 292 Å². The van der Waals surface area contributed by atoms with Crippen molar-refractivity contribution < 1.29 is 0 Å². The molecule has 3 saturated heterocycles. The topological polar surface area (TPSA) is 132 Å². The van der Waals surface area contributed by atoms with E-state index in [9.17, 15) is 0 Å². The van der Waals surface area contributed by atoms with Crippen molar-refractivity contribution >= 4 is 58.0 Å². The summed E-state index contributed by atoms with van der Waals surface area (Å²) < 4.78 is 0. The Morgan fingerprint density at radius 3 is 1.59 bits per heavy atom. The van der Waals surface area contributed by atoms with Crippen LogP contribution in [0, 0.1) is 20.8 Å². The summed E-state index contributed by atoms with van der Waals surface area (Å²) >= 11 is 22.7. The highest BCUT2D eigenvalue weighted by molar-refractivity contribution is 6.31. The van der Waals surface area contributed by atoms with Gasteiger partial charge >= 0.3 is 0 Å². The van der Waals surface area contributed by atoms with E-state index in [0.717, 1.165) is 87.2 Å². The van der Waals surface area contributed by atoms with Gasteiger partial charge in [0, 0.05) is 77.0 Å². The van der Waals surface area contributed by atoms with Gasteiger partial charge in [-0.05, 0) is 76.4 Å². The summed E-state index contributed by atoms with van der Waals surface area (Å²) in [5.74, 6) is 1.87. The second kappa shape index (κ2) is 19.6. The molecule has 0 saturated carbocycles. The van der Waals surface area contributed by atoms with Crippen molar-refractivity contribution in [2.75, 3.05) is 68.7 Å². The van der Waals surface area contributed by atoms with Crippen LogP contribution in [0.25, 0.3) is 0 Å². The fourth-order valence-corrected chi connectivity index (χ4v) is 5.46. The molecule has 3 aromatic rings. The number of piperazine rings is 3. The summed E-state index contributed by atoms with van der Waals surface area (Å²) in [4.78, 5) is 4.48. The van der Waals surface area contributed by atoms with Crippen LogP contribution in [0.2, 0.25) is 20.6 Å². The van der Waals surface area contributed by atoms with Crippen molar-refractivity contribution in [1.29, 1.82) is 0 Å². The van der Waals surface area contributed by atoms with Crippen molar-refractivity contribution in [3.05, 3.63) is 55.5 Å². The molecule has 0 unspecified atom stereocenters. The van der Waals surface area contributed by atoms with Gasteiger partial charge < -0.3 is 31.1 Å². The minimum atomic E-state index is 0.372. The Morgan fingerprint density at radius 2 is 1.11 bits per heavy atom. The molecule has 3 aliphatic rings. The van der Waals surface area contributed by atoms with Gasteiger partial charge in [-0.1, -0.05) is 46.4 Å². The molecule has 3 fully saturated rings. The third kappa shape index (κ3) is 13.2. The lowest BCUT2D eigenvalue weighted by Gasteiger charge is -2.33. The zero-order valence-electron chi connectivity index (χ0n) is 27.4. The fourth-order valence-electron chi connectivity index (χ4n) is 4.87. The van der Waals surface area contributed by atoms with E-state index >= 15 is 0 Å². The number of hydrogen-bond donors (Lipinski definition) is 4. The third-order valence-electron chi connectivity index (χ3n) is 7.34. The lowest BCUT2D eigenvalue weighted by Crippen LogP contribution is -2.49. The van der Waals surface area contributed by atoms with Crippen molar-refractivity contribution in [2.45, 2.75) is 59.7 Å². The number of nitrogens with zero attached hydrogens (tertiary/aromatic N) is 8. The highest BCUT2D eigenvalue weighted by atomic mass is 35.5. The smallest absolute Gasteiger partial charge is 0.154 e. The first-order valence-electron chi connectivity index (χ1n) is 15.5. The van der Waals surface area contributed by atoms with Gasteiger partial charge in [-0.3, -0.25) is 0 Å². The Balaban J connectivity index is 0.000000175. The van der Waals surface area contributed by atoms with Crippen molar-refractivity contribution in [3.63, 3.8) is 0 Å². The number of aromatic nitrogens is 6. The molecule has 0 bridgehead atoms. The average molecular weight is 717 g/mol. The summed E-state index contributed by atoms with van der Waals surface area (Å²) in [5.41, 5.74) is 2.91. The minimum absolute atomic E-state index is 0.372. The van der Waals surface area contributed by atoms with Crippen LogP contribution in [-0.2, 0) is 0 Å². The first-order chi connectivity index (χ1) is 21.9. The van der Waals surface area contributed by atoms with Crippen LogP contribution < -0.4 is 31.1 Å². The van der Waals surface area contributed by atoms with Crippen molar-refractivity contribution in [3.8, 4) is 0 Å². The average Bonchev–Trinajstić information content (AvgIpc) is 3.02. The Kier molecular flexibility index (Phi) is 16.3. The van der Waals surface area contributed by atoms with Gasteiger partial charge in [0.25, 0.3) is 0 Å². The molecule has 46 heavy (non-hydrogen) atoms. The normalized spacial score (nSPS) is 21.1. The van der Waals surface area contributed by atoms with E-state index in [-0.39, 0.29) is 0 Å². The zero-order valence-corrected chi connectivity index (χ0v) is 30.4. The molecule has 0 aromatic carbocycles. The monoisotopic (exact) mass is 714 g/mol. The Morgan fingerprint density at radius 1 is 0.587 bits per heavy atom. The van der Waals surface area contributed by atoms with Crippen LogP contribution in [-0.4, -0.2) is 108 Å². The predicted octanol–water partition coefficient (Wildman–Crippen LogP) is 4.13. The number of nitrogens with one attached hydrogen (secondary N) is 4. The zero-order chi connectivity index (χ0) is 33.6. The highest BCUT2D eigenvalue weighted by Crippen LogP contribution is 2.20. The molecule has 3 aromatic heterocycles. The Hall–Kier alpha value is -2.16. The fraction of sp³-hybridized carbons (Fsp3) is 0.600. The van der Waals surface area contributed by atoms with E-state index < -0.39 is 0 Å². The largest absolute Gasteiger partial charge is 0.352 e. The van der Waals surface area contributed by atoms with E-state index in [4.69, 9.17) is 46.4 Å². The second-order valence-electron chi connectivity index (χ2n) is 11.7. The maximum Gasteiger partial charge on any atom is 0.154 e. The summed E-state index contributed by atoms with van der Waals surface area (Å²) in [7, 11) is 0. The molecule has 254 valence electrons. The van der Waals surface area contributed by atoms with Gasteiger partial charge in [0.2, 0.25) is 0 Å². The van der Waals surface area contributed by atoms with E-state index in [1.54, 1.807) is 6.07 Å². The van der Waals surface area contributed by atoms with E-state index in [1.165, 1.54) is 0 Å². The minimum Gasteiger partial charge on any atom is -0.352 e. The van der Waals surface area contributed by atoms with E-state index in [1.807, 2.05) is 32.9 Å². The van der Waals surface area contributed by atoms with Crippen LogP contribution in [0.15, 0.2) is 18.2 Å². The predicted molar refractivity (Wildman–Crippen MR) is 190 cm³/mol. The lowest BCUT2D eigenvalue weighted by atomic mass is 10.2. The third-order valence-corrected chi connectivity index (χ3v) is 8.46. The SMILES string of the molecule is C[C@@H]1CNCCN1.Cc1cc(Cl)nnc1Cl.Cc1cc(Cl)nnc1N1CCN[C@H](C)C1.Cc1cc(N2CCN[C@H](C)C2)nnc1Cl. The Bertz CT molecular complexity index is 1360.